The van der Waals surface area contributed by atoms with Gasteiger partial charge >= 0.3 is 6.09 Å². The lowest BCUT2D eigenvalue weighted by Crippen LogP contribution is -2.43. The van der Waals surface area contributed by atoms with Gasteiger partial charge in [0.1, 0.15) is 5.60 Å². The Morgan fingerprint density at radius 3 is 2.44 bits per heavy atom. The van der Waals surface area contributed by atoms with Gasteiger partial charge < -0.3 is 15.8 Å². The standard InChI is InChI=1S/C12H24N2O2/c1-11(2,3)16-10(15)14-9(8-13)7-12(4)5-6-12/h9H,5-8,13H2,1-4H3,(H,14,15). The normalized spacial score (nSPS) is 20.1. The van der Waals surface area contributed by atoms with Crippen LogP contribution in [0.2, 0.25) is 0 Å². The second kappa shape index (κ2) is 4.62. The van der Waals surface area contributed by atoms with Crippen molar-refractivity contribution in [2.75, 3.05) is 6.54 Å². The SMILES string of the molecule is CC1(CC(CN)NC(=O)OC(C)(C)C)CC1. The third-order valence-electron chi connectivity index (χ3n) is 2.85. The molecular weight excluding hydrogens is 204 g/mol. The highest BCUT2D eigenvalue weighted by Crippen LogP contribution is 2.48. The van der Waals surface area contributed by atoms with Crippen LogP contribution in [0, 0.1) is 5.41 Å². The van der Waals surface area contributed by atoms with Crippen LogP contribution < -0.4 is 11.1 Å². The molecule has 1 atom stereocenters. The fraction of sp³-hybridized carbons (Fsp3) is 0.917. The van der Waals surface area contributed by atoms with Crippen LogP contribution in [0.15, 0.2) is 0 Å². The molecule has 1 fully saturated rings. The molecule has 1 aliphatic rings. The first kappa shape index (κ1) is 13.3. The third kappa shape index (κ3) is 4.84. The molecule has 1 rings (SSSR count). The lowest BCUT2D eigenvalue weighted by atomic mass is 9.99. The Morgan fingerprint density at radius 2 is 2.06 bits per heavy atom. The summed E-state index contributed by atoms with van der Waals surface area (Å²) >= 11 is 0. The van der Waals surface area contributed by atoms with Gasteiger partial charge in [0.15, 0.2) is 0 Å². The zero-order valence-corrected chi connectivity index (χ0v) is 10.8. The number of nitrogens with two attached hydrogens (primary N) is 1. The Hall–Kier alpha value is -0.770. The van der Waals surface area contributed by atoms with Crippen LogP contribution in [0.25, 0.3) is 0 Å². The van der Waals surface area contributed by atoms with E-state index in [1.54, 1.807) is 0 Å². The van der Waals surface area contributed by atoms with Gasteiger partial charge in [-0.15, -0.1) is 0 Å². The van der Waals surface area contributed by atoms with Gasteiger partial charge in [-0.3, -0.25) is 0 Å². The number of amides is 1. The first-order valence-corrected chi connectivity index (χ1v) is 5.94. The highest BCUT2D eigenvalue weighted by molar-refractivity contribution is 5.68. The van der Waals surface area contributed by atoms with Gasteiger partial charge in [-0.1, -0.05) is 6.92 Å². The fourth-order valence-electron chi connectivity index (χ4n) is 1.68. The first-order valence-electron chi connectivity index (χ1n) is 5.94. The van der Waals surface area contributed by atoms with Crippen molar-refractivity contribution in [3.05, 3.63) is 0 Å². The maximum Gasteiger partial charge on any atom is 0.407 e. The number of carbonyl (C=O) groups excluding carboxylic acids is 1. The molecule has 94 valence electrons. The number of alkyl carbamates (subject to hydrolysis) is 1. The summed E-state index contributed by atoms with van der Waals surface area (Å²) in [6.07, 6.45) is 3.05. The number of hydrogen-bond acceptors (Lipinski definition) is 3. The van der Waals surface area contributed by atoms with E-state index in [0.717, 1.165) is 6.42 Å². The van der Waals surface area contributed by atoms with E-state index < -0.39 is 5.60 Å². The molecule has 1 aliphatic carbocycles. The quantitative estimate of drug-likeness (QED) is 0.773. The summed E-state index contributed by atoms with van der Waals surface area (Å²) in [6.45, 7) is 8.26. The van der Waals surface area contributed by atoms with Crippen molar-refractivity contribution >= 4 is 6.09 Å². The van der Waals surface area contributed by atoms with Crippen LogP contribution in [0.3, 0.4) is 0 Å². The molecule has 3 N–H and O–H groups in total. The molecule has 4 heteroatoms. The average Bonchev–Trinajstić information content (AvgIpc) is 2.79. The maximum atomic E-state index is 11.5. The Bertz CT molecular complexity index is 254. The predicted molar refractivity (Wildman–Crippen MR) is 64.2 cm³/mol. The average molecular weight is 228 g/mol. The number of carbonyl (C=O) groups is 1. The van der Waals surface area contributed by atoms with Crippen molar-refractivity contribution < 1.29 is 9.53 Å². The highest BCUT2D eigenvalue weighted by Gasteiger charge is 2.39. The molecule has 0 spiro atoms. The molecule has 0 aliphatic heterocycles. The second-order valence-electron chi connectivity index (χ2n) is 6.09. The minimum absolute atomic E-state index is 0.0300. The van der Waals surface area contributed by atoms with Crippen molar-refractivity contribution in [1.82, 2.24) is 5.32 Å². The molecule has 0 aromatic carbocycles. The largest absolute Gasteiger partial charge is 0.444 e. The van der Waals surface area contributed by atoms with Crippen LogP contribution >= 0.6 is 0 Å². The second-order valence-corrected chi connectivity index (χ2v) is 6.09. The van der Waals surface area contributed by atoms with E-state index in [1.807, 2.05) is 20.8 Å². The van der Waals surface area contributed by atoms with E-state index in [0.29, 0.717) is 12.0 Å². The summed E-state index contributed by atoms with van der Waals surface area (Å²) < 4.78 is 5.20. The van der Waals surface area contributed by atoms with E-state index in [-0.39, 0.29) is 12.1 Å². The van der Waals surface area contributed by atoms with Gasteiger partial charge in [0.2, 0.25) is 0 Å². The van der Waals surface area contributed by atoms with Crippen LogP contribution in [-0.2, 0) is 4.74 Å². The van der Waals surface area contributed by atoms with E-state index >= 15 is 0 Å². The molecule has 1 amide bonds. The molecule has 0 saturated heterocycles. The molecule has 1 saturated carbocycles. The van der Waals surface area contributed by atoms with Crippen LogP contribution in [0.1, 0.15) is 47.0 Å². The van der Waals surface area contributed by atoms with Gasteiger partial charge in [0, 0.05) is 12.6 Å². The number of ether oxygens (including phenoxy) is 1. The Labute approximate surface area is 97.9 Å². The minimum Gasteiger partial charge on any atom is -0.444 e. The van der Waals surface area contributed by atoms with Crippen LogP contribution in [0.4, 0.5) is 4.79 Å². The van der Waals surface area contributed by atoms with Crippen LogP contribution in [0.5, 0.6) is 0 Å². The monoisotopic (exact) mass is 228 g/mol. The van der Waals surface area contributed by atoms with E-state index in [1.165, 1.54) is 12.8 Å². The topological polar surface area (TPSA) is 64.3 Å². The lowest BCUT2D eigenvalue weighted by Gasteiger charge is -2.24. The summed E-state index contributed by atoms with van der Waals surface area (Å²) in [6, 6.07) is 0.0300. The van der Waals surface area contributed by atoms with E-state index in [2.05, 4.69) is 12.2 Å². The number of hydrogen-bond donors (Lipinski definition) is 2. The summed E-state index contributed by atoms with van der Waals surface area (Å²) in [5.41, 5.74) is 5.59. The zero-order valence-electron chi connectivity index (χ0n) is 10.8. The number of nitrogens with one attached hydrogen (secondary N) is 1. The molecule has 1 unspecified atom stereocenters. The summed E-state index contributed by atoms with van der Waals surface area (Å²) in [4.78, 5) is 11.5. The molecule has 0 radical (unpaired) electrons. The molecule has 0 aromatic rings. The molecule has 4 nitrogen and oxygen atoms in total. The predicted octanol–water partition coefficient (Wildman–Crippen LogP) is 2.03. The summed E-state index contributed by atoms with van der Waals surface area (Å²) in [7, 11) is 0. The third-order valence-corrected chi connectivity index (χ3v) is 2.85. The molecule has 16 heavy (non-hydrogen) atoms. The zero-order chi connectivity index (χ0) is 12.4. The Morgan fingerprint density at radius 1 is 1.50 bits per heavy atom. The summed E-state index contributed by atoms with van der Waals surface area (Å²) in [5.74, 6) is 0. The molecule has 0 bridgehead atoms. The van der Waals surface area contributed by atoms with Gasteiger partial charge in [0.05, 0.1) is 0 Å². The van der Waals surface area contributed by atoms with Gasteiger partial charge in [-0.2, -0.15) is 0 Å². The smallest absolute Gasteiger partial charge is 0.407 e. The van der Waals surface area contributed by atoms with E-state index in [9.17, 15) is 4.79 Å². The molecule has 0 heterocycles. The molecular formula is C12H24N2O2. The van der Waals surface area contributed by atoms with Gasteiger partial charge in [-0.25, -0.2) is 4.79 Å². The van der Waals surface area contributed by atoms with Crippen molar-refractivity contribution in [2.24, 2.45) is 11.1 Å². The first-order chi connectivity index (χ1) is 7.24. The lowest BCUT2D eigenvalue weighted by molar-refractivity contribution is 0.0499. The van der Waals surface area contributed by atoms with Crippen LogP contribution in [-0.4, -0.2) is 24.3 Å². The Kier molecular flexibility index (Phi) is 3.84. The fourth-order valence-corrected chi connectivity index (χ4v) is 1.68. The minimum atomic E-state index is -0.452. The van der Waals surface area contributed by atoms with Gasteiger partial charge in [-0.05, 0) is 45.4 Å². The van der Waals surface area contributed by atoms with Crippen molar-refractivity contribution in [3.8, 4) is 0 Å². The maximum absolute atomic E-state index is 11.5. The highest BCUT2D eigenvalue weighted by atomic mass is 16.6. The van der Waals surface area contributed by atoms with Crippen molar-refractivity contribution in [2.45, 2.75) is 58.6 Å². The van der Waals surface area contributed by atoms with Gasteiger partial charge in [0.25, 0.3) is 0 Å². The Balaban J connectivity index is 2.35. The number of rotatable bonds is 4. The van der Waals surface area contributed by atoms with Crippen molar-refractivity contribution in [1.29, 1.82) is 0 Å². The summed E-state index contributed by atoms with van der Waals surface area (Å²) in [5, 5.41) is 2.83. The van der Waals surface area contributed by atoms with Crippen molar-refractivity contribution in [3.63, 3.8) is 0 Å². The van der Waals surface area contributed by atoms with E-state index in [4.69, 9.17) is 10.5 Å². The molecule has 0 aromatic heterocycles.